The van der Waals surface area contributed by atoms with E-state index in [-0.39, 0.29) is 11.0 Å². The standard InChI is InChI=1S/C13H14N2O3S2/c1-17-10-3-2-8(6-9(10)16)13-14-12(15-18-13)11-7-19-4-5-20-11/h2-3,6,11,16H,4-5,7H2,1H3. The Morgan fingerprint density at radius 3 is 3.00 bits per heavy atom. The van der Waals surface area contributed by atoms with Gasteiger partial charge in [-0.1, -0.05) is 5.16 Å². The van der Waals surface area contributed by atoms with E-state index in [2.05, 4.69) is 10.1 Å². The van der Waals surface area contributed by atoms with Gasteiger partial charge in [-0.3, -0.25) is 0 Å². The van der Waals surface area contributed by atoms with Crippen LogP contribution in [-0.4, -0.2) is 39.6 Å². The van der Waals surface area contributed by atoms with Crippen LogP contribution in [-0.2, 0) is 0 Å². The van der Waals surface area contributed by atoms with E-state index in [0.717, 1.165) is 17.3 Å². The van der Waals surface area contributed by atoms with Crippen molar-refractivity contribution in [3.05, 3.63) is 24.0 Å². The predicted octanol–water partition coefficient (Wildman–Crippen LogP) is 2.97. The number of aromatic hydroxyl groups is 1. The molecule has 1 aliphatic heterocycles. The largest absolute Gasteiger partial charge is 0.504 e. The molecular weight excluding hydrogens is 296 g/mol. The number of methoxy groups -OCH3 is 1. The van der Waals surface area contributed by atoms with Gasteiger partial charge in [-0.15, -0.1) is 11.8 Å². The zero-order chi connectivity index (χ0) is 13.9. The van der Waals surface area contributed by atoms with Crippen LogP contribution in [0.25, 0.3) is 11.5 Å². The summed E-state index contributed by atoms with van der Waals surface area (Å²) < 4.78 is 10.3. The minimum Gasteiger partial charge on any atom is -0.504 e. The van der Waals surface area contributed by atoms with E-state index < -0.39 is 0 Å². The van der Waals surface area contributed by atoms with Gasteiger partial charge in [0.1, 0.15) is 0 Å². The number of thioether (sulfide) groups is 2. The highest BCUT2D eigenvalue weighted by molar-refractivity contribution is 8.06. The van der Waals surface area contributed by atoms with Gasteiger partial charge in [-0.05, 0) is 18.2 Å². The third-order valence-electron chi connectivity index (χ3n) is 2.97. The fourth-order valence-electron chi connectivity index (χ4n) is 1.94. The molecule has 1 aromatic heterocycles. The van der Waals surface area contributed by atoms with E-state index in [1.54, 1.807) is 18.2 Å². The molecule has 5 nitrogen and oxygen atoms in total. The van der Waals surface area contributed by atoms with Crippen LogP contribution < -0.4 is 4.74 Å². The number of aromatic nitrogens is 2. The van der Waals surface area contributed by atoms with Crippen molar-refractivity contribution in [2.75, 3.05) is 24.4 Å². The number of hydrogen-bond acceptors (Lipinski definition) is 7. The molecule has 1 atom stereocenters. The van der Waals surface area contributed by atoms with Gasteiger partial charge in [0, 0.05) is 22.8 Å². The van der Waals surface area contributed by atoms with Crippen LogP contribution in [0.2, 0.25) is 0 Å². The average Bonchev–Trinajstić information content (AvgIpc) is 2.98. The number of ether oxygens (including phenoxy) is 1. The van der Waals surface area contributed by atoms with Gasteiger partial charge >= 0.3 is 0 Å². The molecule has 20 heavy (non-hydrogen) atoms. The second kappa shape index (κ2) is 5.97. The van der Waals surface area contributed by atoms with E-state index >= 15 is 0 Å². The summed E-state index contributed by atoms with van der Waals surface area (Å²) in [6.07, 6.45) is 0. The van der Waals surface area contributed by atoms with E-state index in [0.29, 0.717) is 17.2 Å². The highest BCUT2D eigenvalue weighted by atomic mass is 32.2. The molecule has 7 heteroatoms. The van der Waals surface area contributed by atoms with E-state index in [1.165, 1.54) is 12.9 Å². The smallest absolute Gasteiger partial charge is 0.258 e. The third kappa shape index (κ3) is 2.73. The van der Waals surface area contributed by atoms with Crippen LogP contribution in [0.4, 0.5) is 0 Å². The molecule has 1 aromatic carbocycles. The molecule has 2 heterocycles. The Morgan fingerprint density at radius 2 is 2.30 bits per heavy atom. The van der Waals surface area contributed by atoms with Gasteiger partial charge in [0.2, 0.25) is 0 Å². The molecule has 0 amide bonds. The summed E-state index contributed by atoms with van der Waals surface area (Å²) in [6, 6.07) is 5.04. The molecule has 1 aliphatic rings. The molecule has 3 rings (SSSR count). The molecule has 0 aliphatic carbocycles. The second-order valence-corrected chi connectivity index (χ2v) is 6.74. The Morgan fingerprint density at radius 1 is 1.40 bits per heavy atom. The van der Waals surface area contributed by atoms with Gasteiger partial charge in [0.15, 0.2) is 17.3 Å². The van der Waals surface area contributed by atoms with Crippen LogP contribution in [0.3, 0.4) is 0 Å². The normalized spacial score (nSPS) is 18.9. The molecular formula is C13H14N2O3S2. The van der Waals surface area contributed by atoms with Crippen LogP contribution in [0.15, 0.2) is 22.7 Å². The molecule has 0 bridgehead atoms. The lowest BCUT2D eigenvalue weighted by molar-refractivity contribution is 0.373. The van der Waals surface area contributed by atoms with Crippen LogP contribution in [0.5, 0.6) is 11.5 Å². The first-order valence-electron chi connectivity index (χ1n) is 6.18. The molecule has 0 saturated carbocycles. The second-order valence-electron chi connectivity index (χ2n) is 4.28. The molecule has 0 spiro atoms. The Hall–Kier alpha value is -1.34. The maximum absolute atomic E-state index is 9.79. The summed E-state index contributed by atoms with van der Waals surface area (Å²) in [5, 5.41) is 14.1. The summed E-state index contributed by atoms with van der Waals surface area (Å²) in [7, 11) is 1.51. The minimum absolute atomic E-state index is 0.0624. The average molecular weight is 310 g/mol. The summed E-state index contributed by atoms with van der Waals surface area (Å²) in [6.45, 7) is 0. The number of phenolic OH excluding ortho intramolecular Hbond substituents is 1. The molecule has 106 valence electrons. The zero-order valence-corrected chi connectivity index (χ0v) is 12.5. The maximum Gasteiger partial charge on any atom is 0.258 e. The summed E-state index contributed by atoms with van der Waals surface area (Å²) in [5.41, 5.74) is 0.690. The highest BCUT2D eigenvalue weighted by Crippen LogP contribution is 2.36. The highest BCUT2D eigenvalue weighted by Gasteiger charge is 2.22. The van der Waals surface area contributed by atoms with Gasteiger partial charge < -0.3 is 14.4 Å². The number of benzene rings is 1. The van der Waals surface area contributed by atoms with Crippen molar-refractivity contribution in [3.8, 4) is 23.0 Å². The topological polar surface area (TPSA) is 68.4 Å². The minimum atomic E-state index is 0.0624. The monoisotopic (exact) mass is 310 g/mol. The fourth-order valence-corrected chi connectivity index (χ4v) is 4.53. The van der Waals surface area contributed by atoms with Crippen LogP contribution in [0.1, 0.15) is 11.1 Å². The molecule has 1 unspecified atom stereocenters. The first-order chi connectivity index (χ1) is 9.78. The lowest BCUT2D eigenvalue weighted by Gasteiger charge is -2.16. The summed E-state index contributed by atoms with van der Waals surface area (Å²) in [4.78, 5) is 4.44. The van der Waals surface area contributed by atoms with E-state index in [1.807, 2.05) is 23.5 Å². The summed E-state index contributed by atoms with van der Waals surface area (Å²) in [5.74, 6) is 4.94. The Labute approximate surface area is 125 Å². The van der Waals surface area contributed by atoms with Crippen molar-refractivity contribution in [1.29, 1.82) is 0 Å². The number of phenols is 1. The van der Waals surface area contributed by atoms with Crippen molar-refractivity contribution < 1.29 is 14.4 Å². The number of hydrogen-bond donors (Lipinski definition) is 1. The van der Waals surface area contributed by atoms with Gasteiger partial charge in [0.05, 0.1) is 12.4 Å². The lowest BCUT2D eigenvalue weighted by Crippen LogP contribution is -2.07. The van der Waals surface area contributed by atoms with E-state index in [4.69, 9.17) is 9.26 Å². The van der Waals surface area contributed by atoms with Crippen LogP contribution in [0, 0.1) is 0 Å². The first-order valence-corrected chi connectivity index (χ1v) is 8.38. The van der Waals surface area contributed by atoms with E-state index in [9.17, 15) is 5.11 Å². The SMILES string of the molecule is COc1ccc(-c2nc(C3CSCCS3)no2)cc1O. The molecule has 2 aromatic rings. The first kappa shape index (κ1) is 13.6. The maximum atomic E-state index is 9.79. The third-order valence-corrected chi connectivity index (χ3v) is 5.72. The Balaban J connectivity index is 1.84. The molecule has 1 N–H and O–H groups in total. The zero-order valence-electron chi connectivity index (χ0n) is 10.9. The van der Waals surface area contributed by atoms with Crippen LogP contribution >= 0.6 is 23.5 Å². The molecule has 1 fully saturated rings. The molecule has 1 saturated heterocycles. The van der Waals surface area contributed by atoms with Crippen molar-refractivity contribution in [3.63, 3.8) is 0 Å². The summed E-state index contributed by atoms with van der Waals surface area (Å²) >= 11 is 3.77. The van der Waals surface area contributed by atoms with Gasteiger partial charge in [0.25, 0.3) is 5.89 Å². The Kier molecular flexibility index (Phi) is 4.07. The van der Waals surface area contributed by atoms with Gasteiger partial charge in [-0.25, -0.2) is 0 Å². The number of nitrogens with zero attached hydrogens (tertiary/aromatic N) is 2. The van der Waals surface area contributed by atoms with Crippen molar-refractivity contribution in [2.45, 2.75) is 5.25 Å². The van der Waals surface area contributed by atoms with Crippen molar-refractivity contribution in [1.82, 2.24) is 10.1 Å². The lowest BCUT2D eigenvalue weighted by atomic mass is 10.2. The van der Waals surface area contributed by atoms with Gasteiger partial charge in [-0.2, -0.15) is 16.7 Å². The molecule has 0 radical (unpaired) electrons. The fraction of sp³-hybridized carbons (Fsp3) is 0.385. The quantitative estimate of drug-likeness (QED) is 0.934. The van der Waals surface area contributed by atoms with Crippen molar-refractivity contribution in [2.24, 2.45) is 0 Å². The van der Waals surface area contributed by atoms with Crippen molar-refractivity contribution >= 4 is 23.5 Å². The Bertz CT molecular complexity index is 597. The predicted molar refractivity (Wildman–Crippen MR) is 80.5 cm³/mol. The number of rotatable bonds is 3.